The van der Waals surface area contributed by atoms with Crippen molar-refractivity contribution in [3.8, 4) is 11.8 Å². The standard InChI is InChI=1S/C16H24N2O/c1-2-3-5-11-18-14-15-8-7-9-16(13-15)19-12-6-4-10-17/h7-9,13,18H,2-6,11-12,14H2,1H3. The lowest BCUT2D eigenvalue weighted by Crippen LogP contribution is -2.14. The summed E-state index contributed by atoms with van der Waals surface area (Å²) in [4.78, 5) is 0. The highest BCUT2D eigenvalue weighted by Gasteiger charge is 1.97. The molecule has 0 amide bonds. The van der Waals surface area contributed by atoms with E-state index in [1.165, 1.54) is 24.8 Å². The third-order valence-electron chi connectivity index (χ3n) is 2.89. The van der Waals surface area contributed by atoms with Gasteiger partial charge in [0.15, 0.2) is 0 Å². The third kappa shape index (κ3) is 7.48. The van der Waals surface area contributed by atoms with Gasteiger partial charge in [0.1, 0.15) is 5.75 Å². The number of benzene rings is 1. The van der Waals surface area contributed by atoms with Crippen LogP contribution in [0.1, 0.15) is 44.6 Å². The minimum absolute atomic E-state index is 0.554. The first kappa shape index (κ1) is 15.5. The van der Waals surface area contributed by atoms with E-state index in [9.17, 15) is 0 Å². The van der Waals surface area contributed by atoms with Gasteiger partial charge in [-0.3, -0.25) is 0 Å². The van der Waals surface area contributed by atoms with Crippen LogP contribution in [0.15, 0.2) is 24.3 Å². The molecule has 1 aromatic carbocycles. The van der Waals surface area contributed by atoms with Gasteiger partial charge in [0.25, 0.3) is 0 Å². The van der Waals surface area contributed by atoms with Gasteiger partial charge in [-0.2, -0.15) is 5.26 Å². The van der Waals surface area contributed by atoms with Crippen molar-refractivity contribution in [2.24, 2.45) is 0 Å². The van der Waals surface area contributed by atoms with Crippen molar-refractivity contribution in [2.75, 3.05) is 13.2 Å². The molecular formula is C16H24N2O. The van der Waals surface area contributed by atoms with E-state index in [1.807, 2.05) is 12.1 Å². The fourth-order valence-electron chi connectivity index (χ4n) is 1.82. The number of rotatable bonds is 10. The van der Waals surface area contributed by atoms with Crippen LogP contribution in [-0.2, 0) is 6.54 Å². The van der Waals surface area contributed by atoms with E-state index in [2.05, 4.69) is 30.4 Å². The molecule has 0 heterocycles. The highest BCUT2D eigenvalue weighted by Crippen LogP contribution is 2.13. The third-order valence-corrected chi connectivity index (χ3v) is 2.89. The summed E-state index contributed by atoms with van der Waals surface area (Å²) in [6.45, 7) is 4.79. The summed E-state index contributed by atoms with van der Waals surface area (Å²) in [7, 11) is 0. The summed E-state index contributed by atoms with van der Waals surface area (Å²) in [5, 5.41) is 11.9. The van der Waals surface area contributed by atoms with Crippen molar-refractivity contribution in [2.45, 2.75) is 45.6 Å². The van der Waals surface area contributed by atoms with Crippen LogP contribution in [0.5, 0.6) is 5.75 Å². The first-order valence-corrected chi connectivity index (χ1v) is 7.16. The smallest absolute Gasteiger partial charge is 0.119 e. The topological polar surface area (TPSA) is 45.0 Å². The average Bonchev–Trinajstić information content (AvgIpc) is 2.44. The zero-order valence-electron chi connectivity index (χ0n) is 11.8. The van der Waals surface area contributed by atoms with Gasteiger partial charge in [0, 0.05) is 13.0 Å². The van der Waals surface area contributed by atoms with E-state index in [4.69, 9.17) is 10.00 Å². The molecule has 19 heavy (non-hydrogen) atoms. The van der Waals surface area contributed by atoms with Crippen molar-refractivity contribution >= 4 is 0 Å². The highest BCUT2D eigenvalue weighted by molar-refractivity contribution is 5.28. The van der Waals surface area contributed by atoms with Crippen molar-refractivity contribution in [1.29, 1.82) is 5.26 Å². The summed E-state index contributed by atoms with van der Waals surface area (Å²) in [6.07, 6.45) is 5.12. The lowest BCUT2D eigenvalue weighted by molar-refractivity contribution is 0.312. The second-order valence-corrected chi connectivity index (χ2v) is 4.64. The second kappa shape index (κ2) is 10.4. The number of hydrogen-bond donors (Lipinski definition) is 1. The SMILES string of the molecule is CCCCCNCc1cccc(OCCCC#N)c1. The predicted octanol–water partition coefficient (Wildman–Crippen LogP) is 3.65. The average molecular weight is 260 g/mol. The Hall–Kier alpha value is -1.53. The molecule has 0 aromatic heterocycles. The maximum absolute atomic E-state index is 8.45. The highest BCUT2D eigenvalue weighted by atomic mass is 16.5. The van der Waals surface area contributed by atoms with Crippen LogP contribution >= 0.6 is 0 Å². The summed E-state index contributed by atoms with van der Waals surface area (Å²) in [5.74, 6) is 0.894. The van der Waals surface area contributed by atoms with Crippen LogP contribution in [0.2, 0.25) is 0 Å². The van der Waals surface area contributed by atoms with Crippen molar-refractivity contribution in [1.82, 2.24) is 5.32 Å². The molecule has 3 nitrogen and oxygen atoms in total. The normalized spacial score (nSPS) is 10.1. The van der Waals surface area contributed by atoms with Crippen molar-refractivity contribution in [3.63, 3.8) is 0 Å². The lowest BCUT2D eigenvalue weighted by atomic mass is 10.2. The summed E-state index contributed by atoms with van der Waals surface area (Å²) in [5.41, 5.74) is 1.24. The molecule has 0 radical (unpaired) electrons. The molecule has 0 aliphatic heterocycles. The monoisotopic (exact) mass is 260 g/mol. The summed E-state index contributed by atoms with van der Waals surface area (Å²) >= 11 is 0. The Kier molecular flexibility index (Phi) is 8.50. The zero-order chi connectivity index (χ0) is 13.8. The number of nitrogens with one attached hydrogen (secondary N) is 1. The molecule has 0 fully saturated rings. The zero-order valence-corrected chi connectivity index (χ0v) is 11.8. The summed E-state index contributed by atoms with van der Waals surface area (Å²) < 4.78 is 5.61. The van der Waals surface area contributed by atoms with E-state index in [-0.39, 0.29) is 0 Å². The minimum Gasteiger partial charge on any atom is -0.494 e. The number of ether oxygens (including phenoxy) is 1. The molecule has 0 saturated carbocycles. The Labute approximate surface area is 116 Å². The van der Waals surface area contributed by atoms with Gasteiger partial charge in [-0.1, -0.05) is 31.9 Å². The molecule has 104 valence electrons. The maximum atomic E-state index is 8.45. The summed E-state index contributed by atoms with van der Waals surface area (Å²) in [6, 6.07) is 10.3. The molecule has 0 bridgehead atoms. The van der Waals surface area contributed by atoms with E-state index >= 15 is 0 Å². The Morgan fingerprint density at radius 1 is 1.26 bits per heavy atom. The van der Waals surface area contributed by atoms with Crippen molar-refractivity contribution < 1.29 is 4.74 Å². The van der Waals surface area contributed by atoms with Gasteiger partial charge in [0.2, 0.25) is 0 Å². The molecule has 0 aliphatic carbocycles. The number of nitrogens with zero attached hydrogens (tertiary/aromatic N) is 1. The van der Waals surface area contributed by atoms with Gasteiger partial charge in [-0.05, 0) is 37.1 Å². The molecule has 0 saturated heterocycles. The molecule has 1 N–H and O–H groups in total. The van der Waals surface area contributed by atoms with Gasteiger partial charge in [-0.25, -0.2) is 0 Å². The first-order chi connectivity index (χ1) is 9.36. The fourth-order valence-corrected chi connectivity index (χ4v) is 1.82. The largest absolute Gasteiger partial charge is 0.494 e. The number of nitriles is 1. The van der Waals surface area contributed by atoms with Gasteiger partial charge < -0.3 is 10.1 Å². The Morgan fingerprint density at radius 3 is 2.95 bits per heavy atom. The van der Waals surface area contributed by atoms with Crippen molar-refractivity contribution in [3.05, 3.63) is 29.8 Å². The van der Waals surface area contributed by atoms with Gasteiger partial charge in [0.05, 0.1) is 12.7 Å². The maximum Gasteiger partial charge on any atom is 0.119 e. The molecule has 0 unspecified atom stereocenters. The Balaban J connectivity index is 2.25. The molecule has 1 aromatic rings. The van der Waals surface area contributed by atoms with Crippen LogP contribution < -0.4 is 10.1 Å². The quantitative estimate of drug-likeness (QED) is 0.653. The molecule has 0 atom stereocenters. The second-order valence-electron chi connectivity index (χ2n) is 4.64. The molecule has 0 spiro atoms. The van der Waals surface area contributed by atoms with Crippen LogP contribution in [0.3, 0.4) is 0 Å². The Bertz CT molecular complexity index is 385. The Morgan fingerprint density at radius 2 is 2.16 bits per heavy atom. The van der Waals surface area contributed by atoms with E-state index in [0.717, 1.165) is 25.3 Å². The van der Waals surface area contributed by atoms with Crippen LogP contribution in [0.25, 0.3) is 0 Å². The van der Waals surface area contributed by atoms with Gasteiger partial charge >= 0.3 is 0 Å². The predicted molar refractivity (Wildman–Crippen MR) is 78.0 cm³/mol. The first-order valence-electron chi connectivity index (χ1n) is 7.16. The molecule has 0 aliphatic rings. The van der Waals surface area contributed by atoms with Crippen LogP contribution in [0.4, 0.5) is 0 Å². The van der Waals surface area contributed by atoms with E-state index in [1.54, 1.807) is 0 Å². The van der Waals surface area contributed by atoms with Gasteiger partial charge in [-0.15, -0.1) is 0 Å². The molecular weight excluding hydrogens is 236 g/mol. The number of unbranched alkanes of at least 4 members (excludes halogenated alkanes) is 3. The lowest BCUT2D eigenvalue weighted by Gasteiger charge is -2.08. The van der Waals surface area contributed by atoms with Crippen LogP contribution in [0, 0.1) is 11.3 Å². The fraction of sp³-hybridized carbons (Fsp3) is 0.562. The van der Waals surface area contributed by atoms with E-state index in [0.29, 0.717) is 13.0 Å². The number of hydrogen-bond acceptors (Lipinski definition) is 3. The van der Waals surface area contributed by atoms with E-state index < -0.39 is 0 Å². The molecule has 3 heteroatoms. The van der Waals surface area contributed by atoms with Crippen LogP contribution in [-0.4, -0.2) is 13.2 Å². The molecule has 1 rings (SSSR count). The minimum atomic E-state index is 0.554.